The average molecular weight is 347 g/mol. The molecule has 0 aliphatic carbocycles. The van der Waals surface area contributed by atoms with Gasteiger partial charge in [-0.3, -0.25) is 4.79 Å². The van der Waals surface area contributed by atoms with E-state index in [1.165, 1.54) is 23.9 Å². The van der Waals surface area contributed by atoms with Crippen molar-refractivity contribution in [3.63, 3.8) is 0 Å². The third kappa shape index (κ3) is 4.44. The van der Waals surface area contributed by atoms with Crippen LogP contribution in [0.5, 0.6) is 5.88 Å². The van der Waals surface area contributed by atoms with Crippen LogP contribution in [0.2, 0.25) is 0 Å². The minimum atomic E-state index is -0.274. The number of likely N-dealkylation sites (tertiary alicyclic amines) is 1. The summed E-state index contributed by atoms with van der Waals surface area (Å²) in [6, 6.07) is 9.79. The molecule has 7 heteroatoms. The van der Waals surface area contributed by atoms with Crippen LogP contribution in [0.1, 0.15) is 12.1 Å². The predicted molar refractivity (Wildman–Crippen MR) is 89.5 cm³/mol. The van der Waals surface area contributed by atoms with Crippen LogP contribution < -0.4 is 4.74 Å². The zero-order valence-corrected chi connectivity index (χ0v) is 14.1. The SMILES string of the molecule is Cc1ccc(OC2CCN(C(=O)CSc3ccc(F)cc3)C2)nn1. The number of thioether (sulfide) groups is 1. The maximum Gasteiger partial charge on any atom is 0.233 e. The molecule has 3 rings (SSSR count). The van der Waals surface area contributed by atoms with Gasteiger partial charge in [0, 0.05) is 23.9 Å². The monoisotopic (exact) mass is 347 g/mol. The molecule has 0 spiro atoms. The van der Waals surface area contributed by atoms with Crippen LogP contribution in [0.25, 0.3) is 0 Å². The summed E-state index contributed by atoms with van der Waals surface area (Å²) in [5.41, 5.74) is 0.836. The molecule has 24 heavy (non-hydrogen) atoms. The number of aryl methyl sites for hydroxylation is 1. The number of halogens is 1. The molecule has 1 aliphatic rings. The first-order valence-corrected chi connectivity index (χ1v) is 8.72. The first kappa shape index (κ1) is 16.7. The molecule has 5 nitrogen and oxygen atoms in total. The van der Waals surface area contributed by atoms with Crippen LogP contribution in [-0.4, -0.2) is 46.0 Å². The van der Waals surface area contributed by atoms with Gasteiger partial charge in [-0.1, -0.05) is 0 Å². The number of hydrogen-bond acceptors (Lipinski definition) is 5. The third-order valence-corrected chi connectivity index (χ3v) is 4.73. The highest BCUT2D eigenvalue weighted by molar-refractivity contribution is 8.00. The van der Waals surface area contributed by atoms with Gasteiger partial charge < -0.3 is 9.64 Å². The summed E-state index contributed by atoms with van der Waals surface area (Å²) in [5, 5.41) is 7.94. The minimum absolute atomic E-state index is 0.0539. The molecule has 2 heterocycles. The topological polar surface area (TPSA) is 55.3 Å². The van der Waals surface area contributed by atoms with E-state index in [-0.39, 0.29) is 17.8 Å². The minimum Gasteiger partial charge on any atom is -0.471 e. The van der Waals surface area contributed by atoms with E-state index in [9.17, 15) is 9.18 Å². The summed E-state index contributed by atoms with van der Waals surface area (Å²) < 4.78 is 18.6. The number of rotatable bonds is 5. The van der Waals surface area contributed by atoms with Gasteiger partial charge in [-0.2, -0.15) is 5.10 Å². The van der Waals surface area contributed by atoms with Crippen molar-refractivity contribution in [3.05, 3.63) is 47.9 Å². The Labute approximate surface area is 144 Å². The second kappa shape index (κ2) is 7.61. The highest BCUT2D eigenvalue weighted by atomic mass is 32.2. The highest BCUT2D eigenvalue weighted by Crippen LogP contribution is 2.21. The van der Waals surface area contributed by atoms with Gasteiger partial charge in [0.05, 0.1) is 18.0 Å². The van der Waals surface area contributed by atoms with Crippen molar-refractivity contribution >= 4 is 17.7 Å². The van der Waals surface area contributed by atoms with Gasteiger partial charge in [-0.05, 0) is 37.3 Å². The van der Waals surface area contributed by atoms with Gasteiger partial charge in [0.15, 0.2) is 0 Å². The van der Waals surface area contributed by atoms with Crippen molar-refractivity contribution in [3.8, 4) is 5.88 Å². The Hall–Kier alpha value is -2.15. The van der Waals surface area contributed by atoms with E-state index in [0.29, 0.717) is 24.7 Å². The molecule has 1 amide bonds. The summed E-state index contributed by atoms with van der Waals surface area (Å²) in [6.07, 6.45) is 0.726. The van der Waals surface area contributed by atoms with E-state index in [1.807, 2.05) is 13.0 Å². The fourth-order valence-corrected chi connectivity index (χ4v) is 3.24. The molecule has 126 valence electrons. The molecule has 1 saturated heterocycles. The Bertz CT molecular complexity index is 694. The van der Waals surface area contributed by atoms with Gasteiger partial charge >= 0.3 is 0 Å². The van der Waals surface area contributed by atoms with E-state index in [2.05, 4.69) is 10.2 Å². The largest absolute Gasteiger partial charge is 0.471 e. The van der Waals surface area contributed by atoms with Gasteiger partial charge in [0.2, 0.25) is 11.8 Å². The smallest absolute Gasteiger partial charge is 0.233 e. The molecule has 1 aliphatic heterocycles. The van der Waals surface area contributed by atoms with Gasteiger partial charge in [-0.25, -0.2) is 4.39 Å². The van der Waals surface area contributed by atoms with Crippen molar-refractivity contribution in [2.45, 2.75) is 24.3 Å². The normalized spacial score (nSPS) is 17.1. The number of amides is 1. The summed E-state index contributed by atoms with van der Waals surface area (Å²) in [5.74, 6) is 0.610. The third-order valence-electron chi connectivity index (χ3n) is 3.73. The van der Waals surface area contributed by atoms with Crippen molar-refractivity contribution in [1.29, 1.82) is 0 Å². The van der Waals surface area contributed by atoms with E-state index < -0.39 is 0 Å². The lowest BCUT2D eigenvalue weighted by Gasteiger charge is -2.16. The molecule has 1 aromatic heterocycles. The lowest BCUT2D eigenvalue weighted by Crippen LogP contribution is -2.32. The fourth-order valence-electron chi connectivity index (χ4n) is 2.44. The lowest BCUT2D eigenvalue weighted by atomic mass is 10.3. The standard InChI is InChI=1S/C17H18FN3O2S/c1-12-2-7-16(20-19-12)23-14-8-9-21(10-14)17(22)11-24-15-5-3-13(18)4-6-15/h2-7,14H,8-11H2,1H3. The summed E-state index contributed by atoms with van der Waals surface area (Å²) in [6.45, 7) is 3.09. The number of ether oxygens (including phenoxy) is 1. The van der Waals surface area contributed by atoms with Crippen molar-refractivity contribution in [2.75, 3.05) is 18.8 Å². The number of aromatic nitrogens is 2. The molecule has 1 atom stereocenters. The number of nitrogens with zero attached hydrogens (tertiary/aromatic N) is 3. The first-order valence-electron chi connectivity index (χ1n) is 7.73. The van der Waals surface area contributed by atoms with E-state index in [1.54, 1.807) is 23.1 Å². The Balaban J connectivity index is 1.46. The van der Waals surface area contributed by atoms with Crippen LogP contribution in [0, 0.1) is 12.7 Å². The quantitative estimate of drug-likeness (QED) is 0.779. The van der Waals surface area contributed by atoms with E-state index in [0.717, 1.165) is 17.0 Å². The molecule has 0 bridgehead atoms. The number of carbonyl (C=O) groups is 1. The molecule has 1 unspecified atom stereocenters. The summed E-state index contributed by atoms with van der Waals surface area (Å²) >= 11 is 1.41. The molecule has 2 aromatic rings. The fraction of sp³-hybridized carbons (Fsp3) is 0.353. The van der Waals surface area contributed by atoms with Crippen LogP contribution in [0.4, 0.5) is 4.39 Å². The van der Waals surface area contributed by atoms with Crippen LogP contribution in [0.15, 0.2) is 41.3 Å². The molecular weight excluding hydrogens is 329 g/mol. The van der Waals surface area contributed by atoms with Crippen molar-refractivity contribution in [1.82, 2.24) is 15.1 Å². The maximum atomic E-state index is 12.9. The number of carbonyl (C=O) groups excluding carboxylic acids is 1. The van der Waals surface area contributed by atoms with Crippen LogP contribution >= 0.6 is 11.8 Å². The second-order valence-corrected chi connectivity index (χ2v) is 6.67. The second-order valence-electron chi connectivity index (χ2n) is 5.62. The molecule has 0 radical (unpaired) electrons. The molecule has 1 aromatic carbocycles. The van der Waals surface area contributed by atoms with Crippen molar-refractivity contribution < 1.29 is 13.9 Å². The predicted octanol–water partition coefficient (Wildman–Crippen LogP) is 2.70. The zero-order chi connectivity index (χ0) is 16.9. The van der Waals surface area contributed by atoms with E-state index >= 15 is 0 Å². The summed E-state index contributed by atoms with van der Waals surface area (Å²) in [4.78, 5) is 15.0. The van der Waals surface area contributed by atoms with Crippen LogP contribution in [0.3, 0.4) is 0 Å². The van der Waals surface area contributed by atoms with E-state index in [4.69, 9.17) is 4.74 Å². The molecular formula is C17H18FN3O2S. The van der Waals surface area contributed by atoms with Crippen molar-refractivity contribution in [2.24, 2.45) is 0 Å². The van der Waals surface area contributed by atoms with Crippen LogP contribution in [-0.2, 0) is 4.79 Å². The maximum absolute atomic E-state index is 12.9. The Morgan fingerprint density at radius 2 is 2.08 bits per heavy atom. The van der Waals surface area contributed by atoms with Gasteiger partial charge in [-0.15, -0.1) is 16.9 Å². The molecule has 1 fully saturated rings. The van der Waals surface area contributed by atoms with Gasteiger partial charge in [0.25, 0.3) is 0 Å². The lowest BCUT2D eigenvalue weighted by molar-refractivity contribution is -0.127. The first-order chi connectivity index (χ1) is 11.6. The summed E-state index contributed by atoms with van der Waals surface area (Å²) in [7, 11) is 0. The Morgan fingerprint density at radius 3 is 2.79 bits per heavy atom. The zero-order valence-electron chi connectivity index (χ0n) is 13.3. The Kier molecular flexibility index (Phi) is 5.30. The highest BCUT2D eigenvalue weighted by Gasteiger charge is 2.27. The number of hydrogen-bond donors (Lipinski definition) is 0. The molecule has 0 saturated carbocycles. The molecule has 0 N–H and O–H groups in total. The average Bonchev–Trinajstić information content (AvgIpc) is 3.05. The Morgan fingerprint density at radius 1 is 1.29 bits per heavy atom. The number of benzene rings is 1. The van der Waals surface area contributed by atoms with Gasteiger partial charge in [0.1, 0.15) is 11.9 Å².